The Balaban J connectivity index is 1.91. The molecule has 1 unspecified atom stereocenters. The number of likely N-dealkylation sites (tertiary alicyclic amines) is 1. The molecule has 0 saturated carbocycles. The van der Waals surface area contributed by atoms with E-state index in [1.807, 2.05) is 87.5 Å². The number of carbonyl (C=O) groups is 2. The van der Waals surface area contributed by atoms with Gasteiger partial charge in [-0.1, -0.05) is 57.2 Å². The normalized spacial score (nSPS) is 17.1. The topological polar surface area (TPSA) is 76.1 Å². The van der Waals surface area contributed by atoms with Crippen LogP contribution in [0.25, 0.3) is 5.76 Å². The molecule has 6 nitrogen and oxygen atoms in total. The van der Waals surface area contributed by atoms with E-state index in [2.05, 4.69) is 20.8 Å². The molecule has 204 valence electrons. The third kappa shape index (κ3) is 5.85. The Morgan fingerprint density at radius 1 is 0.974 bits per heavy atom. The van der Waals surface area contributed by atoms with Crippen LogP contribution >= 0.6 is 0 Å². The van der Waals surface area contributed by atoms with Crippen molar-refractivity contribution < 1.29 is 24.2 Å². The number of benzene rings is 3. The standard InChI is InChI=1S/C33H37NO5/c1-20(2)39-26-13-9-11-23(17-26)29-28(30(35)27-18-24(33(4,5)6)15-14-21(27)3)31(36)32(37)34(29)19-22-10-8-12-25(16-22)38-7/h8-18,20,29,35H,19H2,1-7H3/b30-28+. The average molecular weight is 528 g/mol. The van der Waals surface area contributed by atoms with Gasteiger partial charge in [-0.2, -0.15) is 0 Å². The van der Waals surface area contributed by atoms with Gasteiger partial charge in [0, 0.05) is 12.1 Å². The van der Waals surface area contributed by atoms with Crippen molar-refractivity contribution in [1.29, 1.82) is 0 Å². The summed E-state index contributed by atoms with van der Waals surface area (Å²) in [5.41, 5.74) is 3.77. The molecule has 39 heavy (non-hydrogen) atoms. The zero-order valence-corrected chi connectivity index (χ0v) is 23.7. The van der Waals surface area contributed by atoms with Crippen molar-refractivity contribution in [2.75, 3.05) is 7.11 Å². The second-order valence-electron chi connectivity index (χ2n) is 11.3. The van der Waals surface area contributed by atoms with Crippen molar-refractivity contribution in [2.24, 2.45) is 0 Å². The highest BCUT2D eigenvalue weighted by Crippen LogP contribution is 2.42. The largest absolute Gasteiger partial charge is 0.507 e. The second-order valence-corrected chi connectivity index (χ2v) is 11.3. The minimum Gasteiger partial charge on any atom is -0.507 e. The SMILES string of the molecule is COc1cccc(CN2C(=O)C(=O)/C(=C(/O)c3cc(C(C)(C)C)ccc3C)C2c2cccc(OC(C)C)c2)c1. The number of rotatable bonds is 7. The lowest BCUT2D eigenvalue weighted by Crippen LogP contribution is -2.29. The lowest BCUT2D eigenvalue weighted by molar-refractivity contribution is -0.140. The maximum Gasteiger partial charge on any atom is 0.295 e. The lowest BCUT2D eigenvalue weighted by atomic mass is 9.84. The van der Waals surface area contributed by atoms with Crippen molar-refractivity contribution in [3.05, 3.63) is 100 Å². The van der Waals surface area contributed by atoms with Crippen molar-refractivity contribution in [1.82, 2.24) is 4.90 Å². The summed E-state index contributed by atoms with van der Waals surface area (Å²) in [4.78, 5) is 28.7. The Kier molecular flexibility index (Phi) is 7.86. The fourth-order valence-corrected chi connectivity index (χ4v) is 4.88. The van der Waals surface area contributed by atoms with E-state index in [9.17, 15) is 14.7 Å². The van der Waals surface area contributed by atoms with Crippen LogP contribution in [0.3, 0.4) is 0 Å². The van der Waals surface area contributed by atoms with E-state index in [1.165, 1.54) is 4.90 Å². The predicted molar refractivity (Wildman–Crippen MR) is 153 cm³/mol. The molecule has 0 spiro atoms. The summed E-state index contributed by atoms with van der Waals surface area (Å²) in [5, 5.41) is 11.7. The van der Waals surface area contributed by atoms with Crippen LogP contribution in [0.1, 0.15) is 68.5 Å². The molecule has 4 rings (SSSR count). The number of Topliss-reactive ketones (excluding diaryl/α,β-unsaturated/α-hetero) is 1. The molecule has 1 fully saturated rings. The van der Waals surface area contributed by atoms with Crippen LogP contribution in [0.2, 0.25) is 0 Å². The van der Waals surface area contributed by atoms with Gasteiger partial charge < -0.3 is 19.5 Å². The first-order valence-electron chi connectivity index (χ1n) is 13.2. The predicted octanol–water partition coefficient (Wildman–Crippen LogP) is 6.71. The highest BCUT2D eigenvalue weighted by Gasteiger charge is 2.46. The zero-order chi connectivity index (χ0) is 28.5. The molecule has 0 aromatic heterocycles. The van der Waals surface area contributed by atoms with Gasteiger partial charge in [0.05, 0.1) is 24.8 Å². The molecule has 1 amide bonds. The molecule has 1 N–H and O–H groups in total. The van der Waals surface area contributed by atoms with E-state index < -0.39 is 17.7 Å². The number of nitrogens with zero attached hydrogens (tertiary/aromatic N) is 1. The minimum atomic E-state index is -0.801. The van der Waals surface area contributed by atoms with E-state index in [0.29, 0.717) is 22.6 Å². The highest BCUT2D eigenvalue weighted by atomic mass is 16.5. The quantitative estimate of drug-likeness (QED) is 0.210. The smallest absolute Gasteiger partial charge is 0.295 e. The number of carbonyl (C=O) groups excluding carboxylic acids is 2. The third-order valence-electron chi connectivity index (χ3n) is 6.93. The van der Waals surface area contributed by atoms with E-state index in [4.69, 9.17) is 9.47 Å². The van der Waals surface area contributed by atoms with E-state index in [-0.39, 0.29) is 29.4 Å². The molecule has 1 aliphatic rings. The molecule has 3 aromatic carbocycles. The number of aliphatic hydroxyl groups is 1. The van der Waals surface area contributed by atoms with E-state index >= 15 is 0 Å². The van der Waals surface area contributed by atoms with Gasteiger partial charge in [0.15, 0.2) is 0 Å². The van der Waals surface area contributed by atoms with Crippen molar-refractivity contribution in [3.63, 3.8) is 0 Å². The number of ether oxygens (including phenoxy) is 2. The molecule has 0 aliphatic carbocycles. The summed E-state index contributed by atoms with van der Waals surface area (Å²) in [6.07, 6.45) is -0.0498. The van der Waals surface area contributed by atoms with E-state index in [1.54, 1.807) is 7.11 Å². The van der Waals surface area contributed by atoms with Crippen LogP contribution in [0.15, 0.2) is 72.3 Å². The molecule has 6 heteroatoms. The molecular formula is C33H37NO5. The number of hydrogen-bond acceptors (Lipinski definition) is 5. The van der Waals surface area contributed by atoms with Gasteiger partial charge in [-0.3, -0.25) is 9.59 Å². The molecule has 1 heterocycles. The van der Waals surface area contributed by atoms with Crippen molar-refractivity contribution in [2.45, 2.75) is 65.6 Å². The minimum absolute atomic E-state index is 0.0498. The molecule has 1 atom stereocenters. The van der Waals surface area contributed by atoms with Crippen LogP contribution in [-0.2, 0) is 21.5 Å². The number of aryl methyl sites for hydroxylation is 1. The van der Waals surface area contributed by atoms with Gasteiger partial charge in [-0.25, -0.2) is 0 Å². The summed E-state index contributed by atoms with van der Waals surface area (Å²) < 4.78 is 11.3. The summed E-state index contributed by atoms with van der Waals surface area (Å²) >= 11 is 0. The molecule has 1 saturated heterocycles. The van der Waals surface area contributed by atoms with Gasteiger partial charge in [-0.05, 0) is 78.8 Å². The van der Waals surface area contributed by atoms with Gasteiger partial charge >= 0.3 is 0 Å². The third-order valence-corrected chi connectivity index (χ3v) is 6.93. The first-order chi connectivity index (χ1) is 18.4. The number of amides is 1. The molecular weight excluding hydrogens is 490 g/mol. The molecule has 1 aliphatic heterocycles. The van der Waals surface area contributed by atoms with Gasteiger partial charge in [0.2, 0.25) is 0 Å². The fourth-order valence-electron chi connectivity index (χ4n) is 4.88. The Morgan fingerprint density at radius 3 is 2.33 bits per heavy atom. The number of aliphatic hydroxyl groups excluding tert-OH is 1. The summed E-state index contributed by atoms with van der Waals surface area (Å²) in [6.45, 7) is 12.2. The van der Waals surface area contributed by atoms with Crippen LogP contribution in [0.4, 0.5) is 0 Å². The Hall–Kier alpha value is -4.06. The van der Waals surface area contributed by atoms with Crippen LogP contribution in [0.5, 0.6) is 11.5 Å². The van der Waals surface area contributed by atoms with Crippen LogP contribution in [-0.4, -0.2) is 34.9 Å². The van der Waals surface area contributed by atoms with Crippen molar-refractivity contribution >= 4 is 17.4 Å². The fraction of sp³-hybridized carbons (Fsp3) is 0.333. The summed E-state index contributed by atoms with van der Waals surface area (Å²) in [6, 6.07) is 19.8. The number of methoxy groups -OCH3 is 1. The highest BCUT2D eigenvalue weighted by molar-refractivity contribution is 6.46. The monoisotopic (exact) mass is 527 g/mol. The Labute approximate surface area is 230 Å². The second kappa shape index (κ2) is 11.0. The maximum atomic E-state index is 13.6. The zero-order valence-electron chi connectivity index (χ0n) is 23.7. The molecule has 0 bridgehead atoms. The molecule has 3 aromatic rings. The average Bonchev–Trinajstić information content (AvgIpc) is 3.12. The Bertz CT molecular complexity index is 1430. The Morgan fingerprint density at radius 2 is 1.67 bits per heavy atom. The first-order valence-corrected chi connectivity index (χ1v) is 13.2. The maximum absolute atomic E-state index is 13.6. The van der Waals surface area contributed by atoms with Gasteiger partial charge in [0.1, 0.15) is 17.3 Å². The summed E-state index contributed by atoms with van der Waals surface area (Å²) in [7, 11) is 1.58. The summed E-state index contributed by atoms with van der Waals surface area (Å²) in [5.74, 6) is -0.270. The van der Waals surface area contributed by atoms with Crippen LogP contribution < -0.4 is 9.47 Å². The first kappa shape index (κ1) is 28.0. The van der Waals surface area contributed by atoms with Crippen molar-refractivity contribution in [3.8, 4) is 11.5 Å². The lowest BCUT2D eigenvalue weighted by Gasteiger charge is -2.26. The number of ketones is 1. The van der Waals surface area contributed by atoms with Crippen LogP contribution in [0, 0.1) is 6.92 Å². The van der Waals surface area contributed by atoms with E-state index in [0.717, 1.165) is 16.7 Å². The van der Waals surface area contributed by atoms with Gasteiger partial charge in [0.25, 0.3) is 11.7 Å². The molecule has 0 radical (unpaired) electrons. The van der Waals surface area contributed by atoms with Gasteiger partial charge in [-0.15, -0.1) is 0 Å². The number of hydrogen-bond donors (Lipinski definition) is 1.